The van der Waals surface area contributed by atoms with E-state index in [0.717, 1.165) is 6.54 Å². The van der Waals surface area contributed by atoms with Gasteiger partial charge in [-0.25, -0.2) is 0 Å². The van der Waals surface area contributed by atoms with Crippen molar-refractivity contribution in [3.8, 4) is 0 Å². The van der Waals surface area contributed by atoms with Crippen LogP contribution in [0.2, 0.25) is 0 Å². The first-order chi connectivity index (χ1) is 4.85. The summed E-state index contributed by atoms with van der Waals surface area (Å²) in [6.45, 7) is 1.41. The molecular weight excluding hydrogens is 126 g/mol. The zero-order chi connectivity index (χ0) is 7.03. The summed E-state index contributed by atoms with van der Waals surface area (Å²) in [5.74, 6) is 0.542. The van der Waals surface area contributed by atoms with Gasteiger partial charge in [0, 0.05) is 18.7 Å². The number of hydrogen-bond donors (Lipinski definition) is 2. The summed E-state index contributed by atoms with van der Waals surface area (Å²) >= 11 is 0. The standard InChI is InChI=1S/C8H15NO/c10-6-7-4-8(9-5-7)2-1-3-8/h7,9-10H,1-6H2/t7-/m1/s1. The molecule has 58 valence electrons. The number of aliphatic hydroxyl groups is 1. The second-order valence-corrected chi connectivity index (χ2v) is 3.77. The lowest BCUT2D eigenvalue weighted by atomic mass is 9.74. The van der Waals surface area contributed by atoms with Crippen LogP contribution in [0.1, 0.15) is 25.7 Å². The molecule has 0 aromatic rings. The van der Waals surface area contributed by atoms with Crippen LogP contribution in [0.25, 0.3) is 0 Å². The highest BCUT2D eigenvalue weighted by Gasteiger charge is 2.42. The van der Waals surface area contributed by atoms with Crippen molar-refractivity contribution in [2.24, 2.45) is 5.92 Å². The van der Waals surface area contributed by atoms with Gasteiger partial charge in [-0.15, -0.1) is 0 Å². The smallest absolute Gasteiger partial charge is 0.0472 e. The molecule has 2 nitrogen and oxygen atoms in total. The Morgan fingerprint density at radius 3 is 2.60 bits per heavy atom. The summed E-state index contributed by atoms with van der Waals surface area (Å²) in [5.41, 5.74) is 0.480. The van der Waals surface area contributed by atoms with Gasteiger partial charge < -0.3 is 10.4 Å². The van der Waals surface area contributed by atoms with Crippen molar-refractivity contribution < 1.29 is 5.11 Å². The second-order valence-electron chi connectivity index (χ2n) is 3.77. The Kier molecular flexibility index (Phi) is 1.46. The van der Waals surface area contributed by atoms with Gasteiger partial charge in [0.05, 0.1) is 0 Å². The van der Waals surface area contributed by atoms with Gasteiger partial charge in [0.1, 0.15) is 0 Å². The van der Waals surface area contributed by atoms with Crippen molar-refractivity contribution >= 4 is 0 Å². The molecule has 0 aromatic carbocycles. The van der Waals surface area contributed by atoms with Gasteiger partial charge >= 0.3 is 0 Å². The minimum atomic E-state index is 0.370. The van der Waals surface area contributed by atoms with Crippen LogP contribution < -0.4 is 5.32 Å². The van der Waals surface area contributed by atoms with E-state index < -0.39 is 0 Å². The monoisotopic (exact) mass is 141 g/mol. The van der Waals surface area contributed by atoms with Gasteiger partial charge in [-0.3, -0.25) is 0 Å². The average molecular weight is 141 g/mol. The molecule has 0 amide bonds. The molecule has 2 fully saturated rings. The van der Waals surface area contributed by atoms with E-state index in [2.05, 4.69) is 5.32 Å². The predicted molar refractivity (Wildman–Crippen MR) is 39.8 cm³/mol. The van der Waals surface area contributed by atoms with Gasteiger partial charge in [-0.2, -0.15) is 0 Å². The molecule has 0 aromatic heterocycles. The third-order valence-corrected chi connectivity index (χ3v) is 3.01. The van der Waals surface area contributed by atoms with Gasteiger partial charge in [0.2, 0.25) is 0 Å². The Labute approximate surface area is 61.6 Å². The Hall–Kier alpha value is -0.0800. The van der Waals surface area contributed by atoms with E-state index >= 15 is 0 Å². The molecule has 1 saturated carbocycles. The van der Waals surface area contributed by atoms with Crippen LogP contribution in [0.4, 0.5) is 0 Å². The Morgan fingerprint density at radius 2 is 2.30 bits per heavy atom. The molecule has 2 N–H and O–H groups in total. The fourth-order valence-electron chi connectivity index (χ4n) is 2.17. The van der Waals surface area contributed by atoms with E-state index in [9.17, 15) is 0 Å². The highest BCUT2D eigenvalue weighted by molar-refractivity contribution is 5.02. The van der Waals surface area contributed by atoms with E-state index in [4.69, 9.17) is 5.11 Å². The Balaban J connectivity index is 1.92. The number of rotatable bonds is 1. The topological polar surface area (TPSA) is 32.3 Å². The van der Waals surface area contributed by atoms with Crippen LogP contribution in [0.15, 0.2) is 0 Å². The van der Waals surface area contributed by atoms with Crippen molar-refractivity contribution in [3.05, 3.63) is 0 Å². The Bertz CT molecular complexity index is 131. The minimum absolute atomic E-state index is 0.370. The van der Waals surface area contributed by atoms with Crippen molar-refractivity contribution in [1.82, 2.24) is 5.32 Å². The molecule has 2 aliphatic rings. The first-order valence-electron chi connectivity index (χ1n) is 4.21. The zero-order valence-corrected chi connectivity index (χ0v) is 6.27. The molecule has 1 aliphatic carbocycles. The van der Waals surface area contributed by atoms with Crippen molar-refractivity contribution in [1.29, 1.82) is 0 Å². The highest BCUT2D eigenvalue weighted by Crippen LogP contribution is 2.40. The molecule has 1 saturated heterocycles. The van der Waals surface area contributed by atoms with Crippen molar-refractivity contribution in [2.75, 3.05) is 13.2 Å². The van der Waals surface area contributed by atoms with Crippen LogP contribution >= 0.6 is 0 Å². The third kappa shape index (κ3) is 0.867. The van der Waals surface area contributed by atoms with Crippen molar-refractivity contribution in [2.45, 2.75) is 31.2 Å². The van der Waals surface area contributed by atoms with Crippen LogP contribution in [0, 0.1) is 5.92 Å². The molecule has 10 heavy (non-hydrogen) atoms. The number of aliphatic hydroxyl groups excluding tert-OH is 1. The minimum Gasteiger partial charge on any atom is -0.396 e. The van der Waals surface area contributed by atoms with E-state index in [1.165, 1.54) is 25.7 Å². The SMILES string of the molecule is OC[C@H]1CNC2(CCC2)C1. The summed E-state index contributed by atoms with van der Waals surface area (Å²) in [6.07, 6.45) is 5.27. The van der Waals surface area contributed by atoms with Crippen LogP contribution in [-0.4, -0.2) is 23.8 Å². The third-order valence-electron chi connectivity index (χ3n) is 3.01. The summed E-state index contributed by atoms with van der Waals surface area (Å²) in [7, 11) is 0. The summed E-state index contributed by atoms with van der Waals surface area (Å²) in [4.78, 5) is 0. The lowest BCUT2D eigenvalue weighted by Gasteiger charge is -2.38. The number of nitrogens with one attached hydrogen (secondary N) is 1. The zero-order valence-electron chi connectivity index (χ0n) is 6.27. The maximum absolute atomic E-state index is 8.88. The van der Waals surface area contributed by atoms with Crippen LogP contribution in [0.3, 0.4) is 0 Å². The number of hydrogen-bond acceptors (Lipinski definition) is 2. The predicted octanol–water partition coefficient (Wildman–Crippen LogP) is 0.511. The average Bonchev–Trinajstić information content (AvgIpc) is 2.29. The second kappa shape index (κ2) is 2.21. The van der Waals surface area contributed by atoms with Crippen LogP contribution in [0.5, 0.6) is 0 Å². The molecule has 1 aliphatic heterocycles. The molecule has 1 heterocycles. The maximum Gasteiger partial charge on any atom is 0.0472 e. The summed E-state index contributed by atoms with van der Waals surface area (Å²) < 4.78 is 0. The quantitative estimate of drug-likeness (QED) is 0.557. The van der Waals surface area contributed by atoms with Gasteiger partial charge in [-0.1, -0.05) is 0 Å². The molecule has 2 heteroatoms. The molecule has 0 bridgehead atoms. The lowest BCUT2D eigenvalue weighted by Crippen LogP contribution is -2.45. The fourth-order valence-corrected chi connectivity index (χ4v) is 2.17. The molecule has 0 unspecified atom stereocenters. The van der Waals surface area contributed by atoms with Crippen molar-refractivity contribution in [3.63, 3.8) is 0 Å². The molecule has 1 atom stereocenters. The molecule has 1 spiro atoms. The molecular formula is C8H15NO. The molecule has 0 radical (unpaired) electrons. The van der Waals surface area contributed by atoms with E-state index in [1.807, 2.05) is 0 Å². The van der Waals surface area contributed by atoms with Gasteiger partial charge in [0.15, 0.2) is 0 Å². The van der Waals surface area contributed by atoms with E-state index in [0.29, 0.717) is 18.1 Å². The summed E-state index contributed by atoms with van der Waals surface area (Å²) in [5, 5.41) is 12.4. The van der Waals surface area contributed by atoms with E-state index in [-0.39, 0.29) is 0 Å². The largest absolute Gasteiger partial charge is 0.396 e. The Morgan fingerprint density at radius 1 is 1.50 bits per heavy atom. The van der Waals surface area contributed by atoms with Gasteiger partial charge in [0.25, 0.3) is 0 Å². The first-order valence-corrected chi connectivity index (χ1v) is 4.21. The highest BCUT2D eigenvalue weighted by atomic mass is 16.3. The van der Waals surface area contributed by atoms with Gasteiger partial charge in [-0.05, 0) is 31.6 Å². The van der Waals surface area contributed by atoms with E-state index in [1.54, 1.807) is 0 Å². The summed E-state index contributed by atoms with van der Waals surface area (Å²) in [6, 6.07) is 0. The lowest BCUT2D eigenvalue weighted by molar-refractivity contribution is 0.188. The first kappa shape index (κ1) is 6.62. The normalized spacial score (nSPS) is 36.3. The fraction of sp³-hybridized carbons (Fsp3) is 1.00. The van der Waals surface area contributed by atoms with Crippen LogP contribution in [-0.2, 0) is 0 Å². The molecule has 2 rings (SSSR count). The maximum atomic E-state index is 8.88.